The molecule has 0 aromatic heterocycles. The maximum atomic E-state index is 12.5. The van der Waals surface area contributed by atoms with Gasteiger partial charge in [0.05, 0.1) is 24.8 Å². The Morgan fingerprint density at radius 1 is 1.26 bits per heavy atom. The molecule has 5 nitrogen and oxygen atoms in total. The van der Waals surface area contributed by atoms with Crippen LogP contribution in [-0.2, 0) is 4.79 Å². The minimum atomic E-state index is -0.234. The average molecular weight is 363 g/mol. The molecule has 0 aliphatic carbocycles. The first kappa shape index (κ1) is 19.3. The standard InChI is InChI=1S/C21H26BN3O2/c1-6-9-17(22)25-15-10-7-8-11-16(15)27-18(25)13-12-14-19(21(2,3)4)23-24(5)20(14)26/h7-8,10-13,17H,6,9H2,1-5H3/b14-12+,18-13+. The molecule has 1 atom stereocenters. The van der Waals surface area contributed by atoms with E-state index in [1.165, 1.54) is 5.01 Å². The monoisotopic (exact) mass is 363 g/mol. The van der Waals surface area contributed by atoms with Gasteiger partial charge < -0.3 is 9.64 Å². The topological polar surface area (TPSA) is 45.1 Å². The number of rotatable bonds is 4. The third-order valence-electron chi connectivity index (χ3n) is 4.63. The fourth-order valence-electron chi connectivity index (χ4n) is 3.29. The number of hydrogen-bond acceptors (Lipinski definition) is 4. The van der Waals surface area contributed by atoms with Gasteiger partial charge in [0, 0.05) is 12.5 Å². The summed E-state index contributed by atoms with van der Waals surface area (Å²) in [7, 11) is 8.08. The molecule has 6 heteroatoms. The Balaban J connectivity index is 1.99. The smallest absolute Gasteiger partial charge is 0.275 e. The van der Waals surface area contributed by atoms with Gasteiger partial charge in [-0.1, -0.05) is 46.2 Å². The number of anilines is 1. The number of para-hydroxylation sites is 2. The summed E-state index contributed by atoms with van der Waals surface area (Å²) in [6.45, 7) is 8.24. The Morgan fingerprint density at radius 2 is 1.96 bits per heavy atom. The minimum absolute atomic E-state index is 0.114. The SMILES string of the molecule is [B]C(CCC)N1/C(=C\C=C2\C(=O)N(C)N=C2C(C)(C)C)Oc2ccccc21. The van der Waals surface area contributed by atoms with Crippen LogP contribution in [0.3, 0.4) is 0 Å². The maximum Gasteiger partial charge on any atom is 0.275 e. The van der Waals surface area contributed by atoms with E-state index in [9.17, 15) is 4.79 Å². The lowest BCUT2D eigenvalue weighted by atomic mass is 9.85. The lowest BCUT2D eigenvalue weighted by Crippen LogP contribution is -2.33. The van der Waals surface area contributed by atoms with Gasteiger partial charge in [0.25, 0.3) is 5.91 Å². The van der Waals surface area contributed by atoms with Crippen LogP contribution in [0.5, 0.6) is 5.75 Å². The van der Waals surface area contributed by atoms with Gasteiger partial charge in [0.2, 0.25) is 0 Å². The zero-order valence-electron chi connectivity index (χ0n) is 16.7. The van der Waals surface area contributed by atoms with Crippen LogP contribution in [0.1, 0.15) is 40.5 Å². The molecule has 1 aromatic carbocycles. The van der Waals surface area contributed by atoms with Crippen molar-refractivity contribution >= 4 is 25.2 Å². The summed E-state index contributed by atoms with van der Waals surface area (Å²) in [6, 6.07) is 7.82. The van der Waals surface area contributed by atoms with Gasteiger partial charge in [0.15, 0.2) is 11.6 Å². The minimum Gasteiger partial charge on any atom is -0.439 e. The molecule has 0 saturated heterocycles. The van der Waals surface area contributed by atoms with Crippen molar-refractivity contribution in [1.29, 1.82) is 0 Å². The molecule has 0 saturated carbocycles. The molecule has 2 heterocycles. The number of ether oxygens (including phenoxy) is 1. The summed E-state index contributed by atoms with van der Waals surface area (Å²) in [4.78, 5) is 14.5. The third-order valence-corrected chi connectivity index (χ3v) is 4.63. The van der Waals surface area contributed by atoms with Gasteiger partial charge in [-0.15, -0.1) is 0 Å². The Labute approximate surface area is 162 Å². The lowest BCUT2D eigenvalue weighted by molar-refractivity contribution is -0.124. The van der Waals surface area contributed by atoms with Crippen LogP contribution < -0.4 is 9.64 Å². The summed E-state index contributed by atoms with van der Waals surface area (Å²) in [5.74, 6) is 1.09. The Morgan fingerprint density at radius 3 is 2.63 bits per heavy atom. The van der Waals surface area contributed by atoms with Crippen molar-refractivity contribution in [1.82, 2.24) is 5.01 Å². The van der Waals surface area contributed by atoms with E-state index in [0.29, 0.717) is 11.5 Å². The van der Waals surface area contributed by atoms with Gasteiger partial charge in [-0.05, 0) is 36.6 Å². The number of nitrogens with zero attached hydrogens (tertiary/aromatic N) is 3. The number of fused-ring (bicyclic) bond motifs is 1. The molecular formula is C21H26BN3O2. The second-order valence-electron chi connectivity index (χ2n) is 7.91. The second-order valence-corrected chi connectivity index (χ2v) is 7.91. The number of hydrogen-bond donors (Lipinski definition) is 0. The van der Waals surface area contributed by atoms with Crippen LogP contribution in [0, 0.1) is 5.41 Å². The largest absolute Gasteiger partial charge is 0.439 e. The molecule has 0 N–H and O–H groups in total. The van der Waals surface area contributed by atoms with Crippen molar-refractivity contribution in [3.05, 3.63) is 47.9 Å². The first-order valence-electron chi connectivity index (χ1n) is 9.35. The highest BCUT2D eigenvalue weighted by atomic mass is 16.5. The second kappa shape index (κ2) is 7.26. The number of amides is 1. The predicted molar refractivity (Wildman–Crippen MR) is 110 cm³/mol. The molecule has 0 bridgehead atoms. The quantitative estimate of drug-likeness (QED) is 0.604. The van der Waals surface area contributed by atoms with Gasteiger partial charge in [0.1, 0.15) is 0 Å². The number of carbonyl (C=O) groups is 1. The van der Waals surface area contributed by atoms with Crippen LogP contribution in [0.2, 0.25) is 0 Å². The molecule has 2 radical (unpaired) electrons. The molecule has 1 aromatic rings. The fraction of sp³-hybridized carbons (Fsp3) is 0.429. The van der Waals surface area contributed by atoms with Gasteiger partial charge in [-0.2, -0.15) is 5.10 Å². The normalized spacial score (nSPS) is 20.9. The molecule has 140 valence electrons. The highest BCUT2D eigenvalue weighted by molar-refractivity contribution is 6.26. The fourth-order valence-corrected chi connectivity index (χ4v) is 3.29. The summed E-state index contributed by atoms with van der Waals surface area (Å²) in [6.07, 6.45) is 5.42. The van der Waals surface area contributed by atoms with Crippen molar-refractivity contribution in [2.45, 2.75) is 46.5 Å². The Hall–Kier alpha value is -2.50. The third kappa shape index (κ3) is 3.66. The molecule has 2 aliphatic rings. The van der Waals surface area contributed by atoms with Gasteiger partial charge >= 0.3 is 0 Å². The number of carbonyl (C=O) groups excluding carboxylic acids is 1. The van der Waals surface area contributed by atoms with Crippen LogP contribution in [0.15, 0.2) is 53.0 Å². The first-order chi connectivity index (χ1) is 12.7. The summed E-state index contributed by atoms with van der Waals surface area (Å²) in [5, 5.41) is 5.80. The Kier molecular flexibility index (Phi) is 5.18. The van der Waals surface area contributed by atoms with Crippen molar-refractivity contribution in [2.24, 2.45) is 10.5 Å². The summed E-state index contributed by atoms with van der Waals surface area (Å²) >= 11 is 0. The van der Waals surface area contributed by atoms with Crippen molar-refractivity contribution in [3.8, 4) is 5.75 Å². The van der Waals surface area contributed by atoms with Crippen LogP contribution in [-0.4, -0.2) is 37.5 Å². The van der Waals surface area contributed by atoms with E-state index in [1.54, 1.807) is 13.1 Å². The van der Waals surface area contributed by atoms with E-state index in [4.69, 9.17) is 12.6 Å². The number of allylic oxidation sites excluding steroid dienone is 2. The predicted octanol–water partition coefficient (Wildman–Crippen LogP) is 3.82. The molecule has 2 aliphatic heterocycles. The van der Waals surface area contributed by atoms with E-state index in [1.807, 2.05) is 56.0 Å². The highest BCUT2D eigenvalue weighted by Gasteiger charge is 2.35. The molecular weight excluding hydrogens is 337 g/mol. The van der Waals surface area contributed by atoms with Crippen molar-refractivity contribution < 1.29 is 9.53 Å². The first-order valence-corrected chi connectivity index (χ1v) is 9.35. The Bertz CT molecular complexity index is 836. The number of likely N-dealkylation sites (N-methyl/N-ethyl adjacent to an activating group) is 1. The van der Waals surface area contributed by atoms with Crippen LogP contribution in [0.25, 0.3) is 0 Å². The lowest BCUT2D eigenvalue weighted by Gasteiger charge is -2.26. The zero-order chi connectivity index (χ0) is 19.8. The number of hydrazone groups is 1. The summed E-state index contributed by atoms with van der Waals surface area (Å²) in [5.41, 5.74) is 2.07. The van der Waals surface area contributed by atoms with E-state index >= 15 is 0 Å². The van der Waals surface area contributed by atoms with E-state index in [2.05, 4.69) is 12.0 Å². The molecule has 27 heavy (non-hydrogen) atoms. The van der Waals surface area contributed by atoms with E-state index in [0.717, 1.165) is 30.0 Å². The van der Waals surface area contributed by atoms with Gasteiger partial charge in [-0.3, -0.25) is 4.79 Å². The summed E-state index contributed by atoms with van der Waals surface area (Å²) < 4.78 is 6.03. The molecule has 3 rings (SSSR count). The zero-order valence-corrected chi connectivity index (χ0v) is 16.7. The van der Waals surface area contributed by atoms with Crippen LogP contribution in [0.4, 0.5) is 5.69 Å². The van der Waals surface area contributed by atoms with Crippen molar-refractivity contribution in [3.63, 3.8) is 0 Å². The van der Waals surface area contributed by atoms with E-state index in [-0.39, 0.29) is 17.3 Å². The average Bonchev–Trinajstić information content (AvgIpc) is 3.11. The number of benzene rings is 1. The molecule has 0 spiro atoms. The molecule has 0 fully saturated rings. The highest BCUT2D eigenvalue weighted by Crippen LogP contribution is 2.40. The van der Waals surface area contributed by atoms with Crippen LogP contribution >= 0.6 is 0 Å². The van der Waals surface area contributed by atoms with Gasteiger partial charge in [-0.25, -0.2) is 5.01 Å². The van der Waals surface area contributed by atoms with Crippen molar-refractivity contribution in [2.75, 3.05) is 11.9 Å². The maximum absolute atomic E-state index is 12.5. The van der Waals surface area contributed by atoms with E-state index < -0.39 is 0 Å². The molecule has 1 unspecified atom stereocenters. The molecule has 1 amide bonds.